The zero-order chi connectivity index (χ0) is 17.6. The lowest BCUT2D eigenvalue weighted by atomic mass is 10.2. The molecule has 6 nitrogen and oxygen atoms in total. The van der Waals surface area contributed by atoms with Crippen molar-refractivity contribution in [3.8, 4) is 6.07 Å². The number of anilines is 3. The van der Waals surface area contributed by atoms with E-state index in [1.807, 2.05) is 6.07 Å². The van der Waals surface area contributed by atoms with Crippen molar-refractivity contribution in [3.05, 3.63) is 76.3 Å². The third-order valence-electron chi connectivity index (χ3n) is 3.32. The number of carbonyl (C=O) groups excluding carboxylic acids is 1. The molecule has 122 valence electrons. The van der Waals surface area contributed by atoms with E-state index in [0.717, 1.165) is 4.47 Å². The van der Waals surface area contributed by atoms with Gasteiger partial charge in [-0.15, -0.1) is 10.2 Å². The van der Waals surface area contributed by atoms with E-state index in [2.05, 4.69) is 42.8 Å². The summed E-state index contributed by atoms with van der Waals surface area (Å²) in [7, 11) is 0. The van der Waals surface area contributed by atoms with E-state index in [1.54, 1.807) is 54.6 Å². The molecule has 1 aromatic heterocycles. The molecule has 25 heavy (non-hydrogen) atoms. The summed E-state index contributed by atoms with van der Waals surface area (Å²) in [5.41, 5.74) is 1.68. The average Bonchev–Trinajstić information content (AvgIpc) is 2.64. The van der Waals surface area contributed by atoms with Crippen LogP contribution in [0.1, 0.15) is 15.9 Å². The quantitative estimate of drug-likeness (QED) is 0.695. The van der Waals surface area contributed by atoms with Crippen LogP contribution in [0.5, 0.6) is 0 Å². The fourth-order valence-corrected chi connectivity index (χ4v) is 2.35. The first-order valence-corrected chi connectivity index (χ1v) is 8.12. The Balaban J connectivity index is 1.69. The molecule has 0 aliphatic rings. The first kappa shape index (κ1) is 16.6. The van der Waals surface area contributed by atoms with Gasteiger partial charge in [0.15, 0.2) is 11.6 Å². The van der Waals surface area contributed by atoms with Gasteiger partial charge < -0.3 is 10.6 Å². The van der Waals surface area contributed by atoms with Crippen LogP contribution in [-0.2, 0) is 0 Å². The summed E-state index contributed by atoms with van der Waals surface area (Å²) in [4.78, 5) is 12.1. The fourth-order valence-electron chi connectivity index (χ4n) is 2.08. The fraction of sp³-hybridized carbons (Fsp3) is 0. The molecule has 0 spiro atoms. The van der Waals surface area contributed by atoms with E-state index < -0.39 is 0 Å². The number of nitrogens with zero attached hydrogens (tertiary/aromatic N) is 3. The Kier molecular flexibility index (Phi) is 5.02. The lowest BCUT2D eigenvalue weighted by Gasteiger charge is -2.08. The molecule has 1 amide bonds. The number of rotatable bonds is 4. The molecule has 1 heterocycles. The number of benzene rings is 2. The predicted octanol–water partition coefficient (Wildman–Crippen LogP) is 4.11. The van der Waals surface area contributed by atoms with E-state index in [9.17, 15) is 4.79 Å². The van der Waals surface area contributed by atoms with E-state index in [4.69, 9.17) is 5.26 Å². The van der Waals surface area contributed by atoms with Crippen molar-refractivity contribution in [2.45, 2.75) is 0 Å². The first-order chi connectivity index (χ1) is 12.2. The van der Waals surface area contributed by atoms with Gasteiger partial charge in [-0.05, 0) is 48.5 Å². The maximum absolute atomic E-state index is 12.1. The van der Waals surface area contributed by atoms with Crippen LogP contribution >= 0.6 is 15.9 Å². The van der Waals surface area contributed by atoms with Crippen LogP contribution in [0, 0.1) is 11.3 Å². The maximum atomic E-state index is 12.1. The molecule has 0 fully saturated rings. The van der Waals surface area contributed by atoms with Crippen molar-refractivity contribution in [3.63, 3.8) is 0 Å². The van der Waals surface area contributed by atoms with Crippen LogP contribution in [0.3, 0.4) is 0 Å². The van der Waals surface area contributed by atoms with Gasteiger partial charge in [0.1, 0.15) is 6.07 Å². The second-order valence-corrected chi connectivity index (χ2v) is 5.96. The zero-order valence-electron chi connectivity index (χ0n) is 12.9. The molecular weight excluding hydrogens is 382 g/mol. The topological polar surface area (TPSA) is 90.7 Å². The molecule has 7 heteroatoms. The number of para-hydroxylation sites is 1. The van der Waals surface area contributed by atoms with Crippen LogP contribution in [0.4, 0.5) is 17.3 Å². The molecule has 0 atom stereocenters. The number of amides is 1. The van der Waals surface area contributed by atoms with Crippen molar-refractivity contribution in [2.24, 2.45) is 0 Å². The van der Waals surface area contributed by atoms with Crippen molar-refractivity contribution in [1.29, 1.82) is 5.26 Å². The molecule has 2 aromatic carbocycles. The maximum Gasteiger partial charge on any atom is 0.256 e. The van der Waals surface area contributed by atoms with Crippen molar-refractivity contribution in [1.82, 2.24) is 10.2 Å². The highest BCUT2D eigenvalue weighted by molar-refractivity contribution is 9.10. The van der Waals surface area contributed by atoms with Gasteiger partial charge in [0.2, 0.25) is 0 Å². The van der Waals surface area contributed by atoms with E-state index >= 15 is 0 Å². The summed E-state index contributed by atoms with van der Waals surface area (Å²) in [6, 6.07) is 19.5. The number of carbonyl (C=O) groups is 1. The Labute approximate surface area is 152 Å². The highest BCUT2D eigenvalue weighted by Crippen LogP contribution is 2.19. The van der Waals surface area contributed by atoms with Crippen molar-refractivity contribution >= 4 is 39.2 Å². The summed E-state index contributed by atoms with van der Waals surface area (Å²) in [6.07, 6.45) is 0. The lowest BCUT2D eigenvalue weighted by molar-refractivity contribution is 0.102. The molecule has 0 unspecified atom stereocenters. The molecule has 0 aliphatic heterocycles. The first-order valence-electron chi connectivity index (χ1n) is 7.32. The normalized spacial score (nSPS) is 9.92. The van der Waals surface area contributed by atoms with E-state index in [-0.39, 0.29) is 5.91 Å². The van der Waals surface area contributed by atoms with E-state index in [0.29, 0.717) is 28.5 Å². The molecule has 2 N–H and O–H groups in total. The smallest absolute Gasteiger partial charge is 0.256 e. The number of hydrogen-bond acceptors (Lipinski definition) is 5. The Morgan fingerprint density at radius 1 is 0.960 bits per heavy atom. The molecule has 0 radical (unpaired) electrons. The second-order valence-electron chi connectivity index (χ2n) is 5.05. The van der Waals surface area contributed by atoms with Crippen LogP contribution < -0.4 is 10.6 Å². The van der Waals surface area contributed by atoms with Gasteiger partial charge in [-0.25, -0.2) is 0 Å². The number of halogens is 1. The minimum absolute atomic E-state index is 0.266. The van der Waals surface area contributed by atoms with Crippen LogP contribution in [0.25, 0.3) is 0 Å². The number of hydrogen-bond donors (Lipinski definition) is 2. The standard InChI is InChI=1S/C18H12BrN5O/c19-14-7-5-12(6-8-14)18(25)22-17-10-9-16(23-24-17)21-15-4-2-1-3-13(15)11-20/h1-10H,(H,21,23)(H,22,24,25). The molecule has 0 bridgehead atoms. The SMILES string of the molecule is N#Cc1ccccc1Nc1ccc(NC(=O)c2ccc(Br)cc2)nn1. The highest BCUT2D eigenvalue weighted by Gasteiger charge is 2.08. The Bertz CT molecular complexity index is 933. The van der Waals surface area contributed by atoms with Crippen LogP contribution in [0.15, 0.2) is 65.1 Å². The van der Waals surface area contributed by atoms with Gasteiger partial charge in [0, 0.05) is 10.0 Å². The van der Waals surface area contributed by atoms with Crippen LogP contribution in [0.2, 0.25) is 0 Å². The van der Waals surface area contributed by atoms with Crippen molar-refractivity contribution in [2.75, 3.05) is 10.6 Å². The third kappa shape index (κ3) is 4.19. The lowest BCUT2D eigenvalue weighted by Crippen LogP contribution is -2.13. The van der Waals surface area contributed by atoms with Gasteiger partial charge in [-0.3, -0.25) is 4.79 Å². The van der Waals surface area contributed by atoms with Gasteiger partial charge in [0.05, 0.1) is 11.3 Å². The summed E-state index contributed by atoms with van der Waals surface area (Å²) in [6.45, 7) is 0. The molecule has 0 saturated heterocycles. The summed E-state index contributed by atoms with van der Waals surface area (Å²) >= 11 is 3.33. The summed E-state index contributed by atoms with van der Waals surface area (Å²) in [5, 5.41) is 22.8. The summed E-state index contributed by atoms with van der Waals surface area (Å²) in [5.74, 6) is 0.550. The number of nitrogens with one attached hydrogen (secondary N) is 2. The minimum Gasteiger partial charge on any atom is -0.338 e. The zero-order valence-corrected chi connectivity index (χ0v) is 14.5. The van der Waals surface area contributed by atoms with Gasteiger partial charge in [0.25, 0.3) is 5.91 Å². The summed E-state index contributed by atoms with van der Waals surface area (Å²) < 4.78 is 0.900. The highest BCUT2D eigenvalue weighted by atomic mass is 79.9. The predicted molar refractivity (Wildman–Crippen MR) is 98.6 cm³/mol. The van der Waals surface area contributed by atoms with E-state index in [1.165, 1.54) is 0 Å². The Hall–Kier alpha value is -3.24. The average molecular weight is 394 g/mol. The second kappa shape index (κ2) is 7.55. The molecule has 3 aromatic rings. The van der Waals surface area contributed by atoms with Gasteiger partial charge >= 0.3 is 0 Å². The van der Waals surface area contributed by atoms with Crippen molar-refractivity contribution < 1.29 is 4.79 Å². The van der Waals surface area contributed by atoms with Crippen LogP contribution in [-0.4, -0.2) is 16.1 Å². The molecule has 0 saturated carbocycles. The Morgan fingerprint density at radius 2 is 1.64 bits per heavy atom. The minimum atomic E-state index is -0.266. The van der Waals surface area contributed by atoms with Gasteiger partial charge in [-0.2, -0.15) is 5.26 Å². The molecular formula is C18H12BrN5O. The largest absolute Gasteiger partial charge is 0.338 e. The van der Waals surface area contributed by atoms with Gasteiger partial charge in [-0.1, -0.05) is 28.1 Å². The monoisotopic (exact) mass is 393 g/mol. The molecule has 0 aliphatic carbocycles. The number of nitriles is 1. The third-order valence-corrected chi connectivity index (χ3v) is 3.85. The Morgan fingerprint density at radius 3 is 2.32 bits per heavy atom. The molecule has 3 rings (SSSR count). The number of aromatic nitrogens is 2.